The zero-order valence-corrected chi connectivity index (χ0v) is 13.5. The number of carbonyl (C=O) groups is 2. The van der Waals surface area contributed by atoms with Crippen LogP contribution in [0.5, 0.6) is 0 Å². The Labute approximate surface area is 140 Å². The first kappa shape index (κ1) is 16.2. The maximum Gasteiger partial charge on any atom is 0.254 e. The van der Waals surface area contributed by atoms with Gasteiger partial charge in [0.1, 0.15) is 6.04 Å². The topological polar surface area (TPSA) is 104 Å². The number of hydrogen-bond donors (Lipinski definition) is 3. The largest absolute Gasteiger partial charge is 0.355 e. The monoisotopic (exact) mass is 327 g/mol. The van der Waals surface area contributed by atoms with E-state index in [1.807, 2.05) is 25.1 Å². The SMILES string of the molecule is CCNC(=O)[C@@H]1C[C@@H](N)CN1C(=O)c1cccc(-c2cn[nH]c2)c1. The number of aromatic nitrogens is 2. The molecule has 1 aromatic carbocycles. The summed E-state index contributed by atoms with van der Waals surface area (Å²) in [5.41, 5.74) is 8.33. The third-order valence-electron chi connectivity index (χ3n) is 4.19. The van der Waals surface area contributed by atoms with E-state index in [1.165, 1.54) is 0 Å². The number of carbonyl (C=O) groups excluding carboxylic acids is 2. The molecule has 2 atom stereocenters. The highest BCUT2D eigenvalue weighted by molar-refractivity contribution is 5.99. The van der Waals surface area contributed by atoms with Crippen molar-refractivity contribution >= 4 is 11.8 Å². The Balaban J connectivity index is 1.85. The van der Waals surface area contributed by atoms with Crippen molar-refractivity contribution in [2.24, 2.45) is 5.73 Å². The Hall–Kier alpha value is -2.67. The van der Waals surface area contributed by atoms with E-state index in [-0.39, 0.29) is 17.9 Å². The highest BCUT2D eigenvalue weighted by atomic mass is 16.2. The Morgan fingerprint density at radius 1 is 1.42 bits per heavy atom. The van der Waals surface area contributed by atoms with Gasteiger partial charge >= 0.3 is 0 Å². The van der Waals surface area contributed by atoms with E-state index >= 15 is 0 Å². The lowest BCUT2D eigenvalue weighted by Gasteiger charge is -2.23. The summed E-state index contributed by atoms with van der Waals surface area (Å²) in [6.45, 7) is 2.77. The third kappa shape index (κ3) is 3.16. The molecule has 2 heterocycles. The number of nitrogens with one attached hydrogen (secondary N) is 2. The van der Waals surface area contributed by atoms with Crippen LogP contribution in [0.25, 0.3) is 11.1 Å². The second kappa shape index (κ2) is 6.84. The summed E-state index contributed by atoms with van der Waals surface area (Å²) in [6, 6.07) is 6.62. The van der Waals surface area contributed by atoms with Crippen LogP contribution in [0.15, 0.2) is 36.7 Å². The van der Waals surface area contributed by atoms with Gasteiger partial charge in [0, 0.05) is 36.5 Å². The second-order valence-corrected chi connectivity index (χ2v) is 5.93. The van der Waals surface area contributed by atoms with E-state index in [4.69, 9.17) is 5.73 Å². The number of likely N-dealkylation sites (N-methyl/N-ethyl adjacent to an activating group) is 1. The molecule has 3 rings (SSSR count). The summed E-state index contributed by atoms with van der Waals surface area (Å²) in [5.74, 6) is -0.325. The predicted molar refractivity (Wildman–Crippen MR) is 90.1 cm³/mol. The van der Waals surface area contributed by atoms with Crippen LogP contribution >= 0.6 is 0 Å². The number of benzene rings is 1. The van der Waals surface area contributed by atoms with Crippen LogP contribution in [-0.4, -0.2) is 52.1 Å². The molecule has 4 N–H and O–H groups in total. The smallest absolute Gasteiger partial charge is 0.254 e. The molecule has 0 spiro atoms. The minimum Gasteiger partial charge on any atom is -0.355 e. The second-order valence-electron chi connectivity index (χ2n) is 5.93. The first-order valence-corrected chi connectivity index (χ1v) is 8.03. The van der Waals surface area contributed by atoms with Crippen LogP contribution in [0.2, 0.25) is 0 Å². The summed E-state index contributed by atoms with van der Waals surface area (Å²) in [6.07, 6.45) is 3.96. The van der Waals surface area contributed by atoms with Crippen LogP contribution in [0.1, 0.15) is 23.7 Å². The molecule has 1 aliphatic rings. The van der Waals surface area contributed by atoms with Gasteiger partial charge in [-0.05, 0) is 31.0 Å². The molecule has 2 amide bonds. The van der Waals surface area contributed by atoms with Crippen molar-refractivity contribution in [2.75, 3.05) is 13.1 Å². The highest BCUT2D eigenvalue weighted by Gasteiger charge is 2.38. The molecule has 7 heteroatoms. The molecule has 0 unspecified atom stereocenters. The molecule has 2 aromatic rings. The van der Waals surface area contributed by atoms with Gasteiger partial charge in [-0.15, -0.1) is 0 Å². The molecular formula is C17H21N5O2. The number of hydrogen-bond acceptors (Lipinski definition) is 4. The van der Waals surface area contributed by atoms with Gasteiger partial charge in [-0.25, -0.2) is 0 Å². The van der Waals surface area contributed by atoms with Gasteiger partial charge in [-0.3, -0.25) is 14.7 Å². The van der Waals surface area contributed by atoms with Crippen molar-refractivity contribution in [3.63, 3.8) is 0 Å². The van der Waals surface area contributed by atoms with E-state index in [0.29, 0.717) is 25.1 Å². The lowest BCUT2D eigenvalue weighted by atomic mass is 10.1. The lowest BCUT2D eigenvalue weighted by Crippen LogP contribution is -2.45. The van der Waals surface area contributed by atoms with Crippen LogP contribution < -0.4 is 11.1 Å². The molecule has 7 nitrogen and oxygen atoms in total. The van der Waals surface area contributed by atoms with Gasteiger partial charge in [0.25, 0.3) is 5.91 Å². The Kier molecular flexibility index (Phi) is 4.61. The van der Waals surface area contributed by atoms with Crippen molar-refractivity contribution in [2.45, 2.75) is 25.4 Å². The van der Waals surface area contributed by atoms with E-state index in [1.54, 1.807) is 23.4 Å². The summed E-state index contributed by atoms with van der Waals surface area (Å²) in [7, 11) is 0. The molecule has 24 heavy (non-hydrogen) atoms. The molecular weight excluding hydrogens is 306 g/mol. The average Bonchev–Trinajstić information content (AvgIpc) is 3.24. The van der Waals surface area contributed by atoms with E-state index < -0.39 is 6.04 Å². The van der Waals surface area contributed by atoms with Crippen LogP contribution in [0, 0.1) is 0 Å². The lowest BCUT2D eigenvalue weighted by molar-refractivity contribution is -0.124. The Morgan fingerprint density at radius 2 is 2.25 bits per heavy atom. The number of amides is 2. The molecule has 0 radical (unpaired) electrons. The average molecular weight is 327 g/mol. The molecule has 1 saturated heterocycles. The van der Waals surface area contributed by atoms with E-state index in [0.717, 1.165) is 11.1 Å². The summed E-state index contributed by atoms with van der Waals surface area (Å²) < 4.78 is 0. The first-order valence-electron chi connectivity index (χ1n) is 8.03. The summed E-state index contributed by atoms with van der Waals surface area (Å²) in [5, 5.41) is 9.46. The molecule has 0 saturated carbocycles. The fourth-order valence-corrected chi connectivity index (χ4v) is 3.04. The van der Waals surface area contributed by atoms with Gasteiger partial charge in [0.15, 0.2) is 0 Å². The van der Waals surface area contributed by atoms with Gasteiger partial charge in [-0.2, -0.15) is 5.10 Å². The minimum atomic E-state index is -0.509. The van der Waals surface area contributed by atoms with Gasteiger partial charge in [-0.1, -0.05) is 12.1 Å². The fourth-order valence-electron chi connectivity index (χ4n) is 3.04. The van der Waals surface area contributed by atoms with Crippen LogP contribution in [0.3, 0.4) is 0 Å². The Morgan fingerprint density at radius 3 is 2.96 bits per heavy atom. The molecule has 1 aromatic heterocycles. The molecule has 0 bridgehead atoms. The first-order chi connectivity index (χ1) is 11.6. The van der Waals surface area contributed by atoms with Crippen molar-refractivity contribution < 1.29 is 9.59 Å². The number of likely N-dealkylation sites (tertiary alicyclic amines) is 1. The van der Waals surface area contributed by atoms with E-state index in [9.17, 15) is 9.59 Å². The number of rotatable bonds is 4. The van der Waals surface area contributed by atoms with Crippen molar-refractivity contribution in [3.8, 4) is 11.1 Å². The molecule has 1 fully saturated rings. The van der Waals surface area contributed by atoms with Crippen LogP contribution in [0.4, 0.5) is 0 Å². The number of aromatic amines is 1. The summed E-state index contributed by atoms with van der Waals surface area (Å²) >= 11 is 0. The van der Waals surface area contributed by atoms with Crippen molar-refractivity contribution in [3.05, 3.63) is 42.2 Å². The molecule has 1 aliphatic heterocycles. The normalized spacial score (nSPS) is 20.2. The van der Waals surface area contributed by atoms with Crippen molar-refractivity contribution in [1.82, 2.24) is 20.4 Å². The predicted octanol–water partition coefficient (Wildman–Crippen LogP) is 0.755. The number of H-pyrrole nitrogens is 1. The zero-order chi connectivity index (χ0) is 17.1. The quantitative estimate of drug-likeness (QED) is 0.771. The van der Waals surface area contributed by atoms with Gasteiger partial charge < -0.3 is 16.0 Å². The molecule has 126 valence electrons. The fraction of sp³-hybridized carbons (Fsp3) is 0.353. The zero-order valence-electron chi connectivity index (χ0n) is 13.5. The maximum atomic E-state index is 12.9. The van der Waals surface area contributed by atoms with Gasteiger partial charge in [0.2, 0.25) is 5.91 Å². The maximum absolute atomic E-state index is 12.9. The standard InChI is InChI=1S/C17H21N5O2/c1-2-19-16(23)15-7-14(18)10-22(15)17(24)12-5-3-4-11(6-12)13-8-20-21-9-13/h3-6,8-9,14-15H,2,7,10,18H2,1H3,(H,19,23)(H,20,21)/t14-,15+/m1/s1. The number of nitrogens with zero attached hydrogens (tertiary/aromatic N) is 2. The summed E-state index contributed by atoms with van der Waals surface area (Å²) in [4.78, 5) is 26.7. The highest BCUT2D eigenvalue weighted by Crippen LogP contribution is 2.23. The molecule has 0 aliphatic carbocycles. The van der Waals surface area contributed by atoms with Gasteiger partial charge in [0.05, 0.1) is 6.20 Å². The third-order valence-corrected chi connectivity index (χ3v) is 4.19. The Bertz CT molecular complexity index is 728. The van der Waals surface area contributed by atoms with Crippen LogP contribution in [-0.2, 0) is 4.79 Å². The minimum absolute atomic E-state index is 0.148. The van der Waals surface area contributed by atoms with E-state index in [2.05, 4.69) is 15.5 Å². The number of nitrogens with two attached hydrogens (primary N) is 1. The van der Waals surface area contributed by atoms with Crippen molar-refractivity contribution in [1.29, 1.82) is 0 Å².